The molecule has 3 aromatic rings. The first-order valence-electron chi connectivity index (χ1n) is 11.3. The molecule has 2 aliphatic rings. The minimum Gasteiger partial charge on any atom is -0.508 e. The van der Waals surface area contributed by atoms with Gasteiger partial charge >= 0.3 is 0 Å². The first-order valence-corrected chi connectivity index (χ1v) is 11.3. The smallest absolute Gasteiger partial charge is 0.251 e. The maximum atomic E-state index is 13.1. The number of hydrogen-bond donors (Lipinski definition) is 2. The lowest BCUT2D eigenvalue weighted by Crippen LogP contribution is -2.55. The number of carbonyl (C=O) groups is 1. The number of carbonyl (C=O) groups excluding carboxylic acids is 1. The van der Waals surface area contributed by atoms with E-state index < -0.39 is 0 Å². The summed E-state index contributed by atoms with van der Waals surface area (Å²) in [6.45, 7) is 2.11. The van der Waals surface area contributed by atoms with Gasteiger partial charge in [0.05, 0.1) is 0 Å². The Morgan fingerprint density at radius 2 is 1.87 bits per heavy atom. The Bertz CT molecular complexity index is 1110. The highest BCUT2D eigenvalue weighted by atomic mass is 16.3. The fourth-order valence-corrected chi connectivity index (χ4v) is 5.85. The predicted octanol–water partition coefficient (Wildman–Crippen LogP) is 4.72. The molecule has 1 amide bonds. The molecule has 4 nitrogen and oxygen atoms in total. The van der Waals surface area contributed by atoms with Gasteiger partial charge in [0.25, 0.3) is 5.91 Å². The van der Waals surface area contributed by atoms with E-state index in [0.29, 0.717) is 11.7 Å². The molecule has 160 valence electrons. The molecule has 0 aromatic heterocycles. The van der Waals surface area contributed by atoms with Gasteiger partial charge in [-0.15, -0.1) is 0 Å². The van der Waals surface area contributed by atoms with Gasteiger partial charge in [0.1, 0.15) is 5.75 Å². The van der Waals surface area contributed by atoms with Crippen molar-refractivity contribution in [3.63, 3.8) is 0 Å². The molecule has 2 fully saturated rings. The first kappa shape index (κ1) is 20.1. The van der Waals surface area contributed by atoms with Crippen LogP contribution in [0.1, 0.15) is 41.6 Å². The van der Waals surface area contributed by atoms with Crippen LogP contribution in [0.15, 0.2) is 66.7 Å². The number of phenolic OH excluding ortho intramolecular Hbond substituents is 1. The summed E-state index contributed by atoms with van der Waals surface area (Å²) in [6.07, 6.45) is 4.06. The Kier molecular flexibility index (Phi) is 5.19. The predicted molar refractivity (Wildman–Crippen MR) is 124 cm³/mol. The number of amides is 1. The van der Waals surface area contributed by atoms with Crippen LogP contribution in [-0.2, 0) is 5.41 Å². The number of fused-ring (bicyclic) bond motifs is 2. The van der Waals surface area contributed by atoms with Crippen LogP contribution in [0.4, 0.5) is 0 Å². The van der Waals surface area contributed by atoms with Crippen LogP contribution in [0.25, 0.3) is 10.8 Å². The molecule has 0 radical (unpaired) electrons. The Morgan fingerprint density at radius 3 is 2.71 bits per heavy atom. The molecular weight excluding hydrogens is 384 g/mol. The first-order chi connectivity index (χ1) is 15.0. The summed E-state index contributed by atoms with van der Waals surface area (Å²) >= 11 is 0. The van der Waals surface area contributed by atoms with Crippen molar-refractivity contribution in [2.24, 2.45) is 5.92 Å². The summed E-state index contributed by atoms with van der Waals surface area (Å²) in [6, 6.07) is 22.0. The number of aromatic hydroxyl groups is 1. The van der Waals surface area contributed by atoms with Crippen LogP contribution in [0, 0.1) is 5.92 Å². The lowest BCUT2D eigenvalue weighted by Gasteiger charge is -2.52. The van der Waals surface area contributed by atoms with Gasteiger partial charge in [0.2, 0.25) is 0 Å². The number of hydrogen-bond acceptors (Lipinski definition) is 3. The fourth-order valence-electron chi connectivity index (χ4n) is 5.85. The molecular formula is C27H30N2O2. The average molecular weight is 415 g/mol. The Labute approximate surface area is 183 Å². The number of phenols is 1. The molecule has 31 heavy (non-hydrogen) atoms. The van der Waals surface area contributed by atoms with Gasteiger partial charge < -0.3 is 15.3 Å². The minimum absolute atomic E-state index is 0.00479. The minimum atomic E-state index is 0.00479. The highest BCUT2D eigenvalue weighted by Gasteiger charge is 2.47. The molecule has 4 heteroatoms. The second-order valence-electron chi connectivity index (χ2n) is 9.43. The fraction of sp³-hybridized carbons (Fsp3) is 0.370. The van der Waals surface area contributed by atoms with E-state index in [1.807, 2.05) is 48.5 Å². The van der Waals surface area contributed by atoms with E-state index in [9.17, 15) is 9.90 Å². The van der Waals surface area contributed by atoms with Gasteiger partial charge in [0.15, 0.2) is 0 Å². The number of rotatable bonds is 3. The van der Waals surface area contributed by atoms with E-state index in [4.69, 9.17) is 0 Å². The third kappa shape index (κ3) is 3.81. The van der Waals surface area contributed by atoms with E-state index in [1.165, 1.54) is 5.56 Å². The van der Waals surface area contributed by atoms with Crippen molar-refractivity contribution in [1.82, 2.24) is 10.2 Å². The van der Waals surface area contributed by atoms with Gasteiger partial charge in [-0.3, -0.25) is 4.79 Å². The molecule has 1 aliphatic carbocycles. The maximum Gasteiger partial charge on any atom is 0.251 e. The zero-order valence-corrected chi connectivity index (χ0v) is 18.1. The zero-order chi connectivity index (χ0) is 21.4. The van der Waals surface area contributed by atoms with Crippen LogP contribution < -0.4 is 5.32 Å². The molecule has 0 bridgehead atoms. The second-order valence-corrected chi connectivity index (χ2v) is 9.43. The topological polar surface area (TPSA) is 52.6 Å². The van der Waals surface area contributed by atoms with Gasteiger partial charge in [-0.2, -0.15) is 0 Å². The van der Waals surface area contributed by atoms with Crippen molar-refractivity contribution in [2.75, 3.05) is 20.1 Å². The average Bonchev–Trinajstić information content (AvgIpc) is 2.79. The van der Waals surface area contributed by atoms with Crippen molar-refractivity contribution in [2.45, 2.75) is 37.1 Å². The van der Waals surface area contributed by atoms with E-state index in [1.54, 1.807) is 6.07 Å². The molecule has 1 saturated carbocycles. The largest absolute Gasteiger partial charge is 0.508 e. The molecule has 0 spiro atoms. The van der Waals surface area contributed by atoms with Gasteiger partial charge in [-0.1, -0.05) is 42.5 Å². The van der Waals surface area contributed by atoms with E-state index in [2.05, 4.69) is 29.4 Å². The van der Waals surface area contributed by atoms with E-state index in [-0.39, 0.29) is 17.4 Å². The number of benzene rings is 3. The van der Waals surface area contributed by atoms with E-state index in [0.717, 1.165) is 55.1 Å². The van der Waals surface area contributed by atoms with Crippen LogP contribution in [0.2, 0.25) is 0 Å². The summed E-state index contributed by atoms with van der Waals surface area (Å²) in [5, 5.41) is 15.7. The normalized spacial score (nSPS) is 26.4. The second kappa shape index (κ2) is 8.01. The third-order valence-corrected chi connectivity index (χ3v) is 7.50. The summed E-state index contributed by atoms with van der Waals surface area (Å²) in [5.41, 5.74) is 1.94. The van der Waals surface area contributed by atoms with Gasteiger partial charge in [-0.25, -0.2) is 0 Å². The highest BCUT2D eigenvalue weighted by Crippen LogP contribution is 2.49. The number of nitrogens with one attached hydrogen (secondary N) is 1. The molecule has 3 aromatic carbocycles. The van der Waals surface area contributed by atoms with Crippen molar-refractivity contribution in [1.29, 1.82) is 0 Å². The molecule has 1 saturated heterocycles. The van der Waals surface area contributed by atoms with Crippen LogP contribution >= 0.6 is 0 Å². The van der Waals surface area contributed by atoms with Gasteiger partial charge in [-0.05, 0) is 85.8 Å². The summed E-state index contributed by atoms with van der Waals surface area (Å²) in [4.78, 5) is 15.5. The summed E-state index contributed by atoms with van der Waals surface area (Å²) in [5.74, 6) is 0.877. The third-order valence-electron chi connectivity index (χ3n) is 7.50. The molecule has 1 heterocycles. The van der Waals surface area contributed by atoms with Crippen LogP contribution in [0.3, 0.4) is 0 Å². The Balaban J connectivity index is 1.39. The van der Waals surface area contributed by atoms with Gasteiger partial charge in [0, 0.05) is 23.6 Å². The van der Waals surface area contributed by atoms with Crippen molar-refractivity contribution in [3.8, 4) is 5.75 Å². The van der Waals surface area contributed by atoms with Crippen LogP contribution in [-0.4, -0.2) is 42.1 Å². The molecule has 2 N–H and O–H groups in total. The van der Waals surface area contributed by atoms with Crippen molar-refractivity contribution in [3.05, 3.63) is 77.9 Å². The summed E-state index contributed by atoms with van der Waals surface area (Å²) < 4.78 is 0. The highest BCUT2D eigenvalue weighted by molar-refractivity contribution is 5.98. The maximum absolute atomic E-state index is 13.1. The molecule has 3 atom stereocenters. The number of likely N-dealkylation sites (tertiary alicyclic amines) is 1. The summed E-state index contributed by atoms with van der Waals surface area (Å²) in [7, 11) is 2.19. The SMILES string of the molecule is CN1CC[C@@]2(c3cccc(O)c3)C[C@H](NC(=O)c3ccc4ccccc4c3)CC[C@@H]2C1. The monoisotopic (exact) mass is 414 g/mol. The quantitative estimate of drug-likeness (QED) is 0.652. The zero-order valence-electron chi connectivity index (χ0n) is 18.1. The van der Waals surface area contributed by atoms with E-state index >= 15 is 0 Å². The van der Waals surface area contributed by atoms with Crippen LogP contribution in [0.5, 0.6) is 5.75 Å². The number of piperidine rings is 1. The molecule has 5 rings (SSSR count). The van der Waals surface area contributed by atoms with Crippen molar-refractivity contribution >= 4 is 16.7 Å². The lowest BCUT2D eigenvalue weighted by molar-refractivity contribution is 0.0533. The standard InChI is InChI=1S/C27H30N2O2/c1-29-14-13-27(22-7-4-8-25(30)16-22)17-24(12-11-23(27)18-29)28-26(31)21-10-9-19-5-2-3-6-20(19)15-21/h2-10,15-16,23-24,30H,11-14,17-18H2,1H3,(H,28,31)/t23-,24-,27+/m1/s1. The molecule has 1 aliphatic heterocycles. The number of nitrogens with zero attached hydrogens (tertiary/aromatic N) is 1. The lowest BCUT2D eigenvalue weighted by atomic mass is 9.58. The Morgan fingerprint density at radius 1 is 1.03 bits per heavy atom. The van der Waals surface area contributed by atoms with Crippen molar-refractivity contribution < 1.29 is 9.90 Å². The molecule has 0 unspecified atom stereocenters. The Hall–Kier alpha value is -2.85.